The average Bonchev–Trinajstić information content (AvgIpc) is 2.68. The van der Waals surface area contributed by atoms with Crippen LogP contribution in [-0.2, 0) is 4.79 Å². The van der Waals surface area contributed by atoms with E-state index < -0.39 is 5.54 Å². The molecule has 100 valence electrons. The molecule has 0 bridgehead atoms. The van der Waals surface area contributed by atoms with Crippen LogP contribution in [0.1, 0.15) is 45.4 Å². The molecular formula is C14H23N3O. The van der Waals surface area contributed by atoms with Crippen LogP contribution in [0.15, 0.2) is 4.99 Å². The minimum atomic E-state index is -0.429. The molecule has 2 fully saturated rings. The van der Waals surface area contributed by atoms with Crippen molar-refractivity contribution in [1.29, 1.82) is 0 Å². The van der Waals surface area contributed by atoms with E-state index in [-0.39, 0.29) is 5.91 Å². The topological polar surface area (TPSA) is 53.5 Å². The van der Waals surface area contributed by atoms with E-state index in [0.717, 1.165) is 37.7 Å². The predicted molar refractivity (Wildman–Crippen MR) is 71.5 cm³/mol. The first-order valence-electron chi connectivity index (χ1n) is 7.31. The molecule has 3 aliphatic rings. The van der Waals surface area contributed by atoms with Crippen LogP contribution in [0.4, 0.5) is 0 Å². The van der Waals surface area contributed by atoms with Gasteiger partial charge in [0.1, 0.15) is 11.4 Å². The Morgan fingerprint density at radius 1 is 1.28 bits per heavy atom. The quantitative estimate of drug-likeness (QED) is 0.739. The molecule has 4 heteroatoms. The first kappa shape index (κ1) is 12.2. The standard InChI is InChI=1S/C14H23N3O/c1-10-3-2-4-11(9-10)12-16-13(18)14(17-12)5-7-15-8-6-14/h10-11,15H,2-9H2,1H3,(H,16,17,18)/t10-,11+/m1/s1. The summed E-state index contributed by atoms with van der Waals surface area (Å²) in [7, 11) is 0. The molecule has 2 atom stereocenters. The van der Waals surface area contributed by atoms with E-state index in [9.17, 15) is 4.79 Å². The minimum absolute atomic E-state index is 0.150. The molecule has 2 heterocycles. The van der Waals surface area contributed by atoms with E-state index >= 15 is 0 Å². The van der Waals surface area contributed by atoms with Crippen molar-refractivity contribution in [2.75, 3.05) is 13.1 Å². The van der Waals surface area contributed by atoms with Crippen LogP contribution in [0.3, 0.4) is 0 Å². The van der Waals surface area contributed by atoms with Crippen molar-refractivity contribution in [1.82, 2.24) is 10.6 Å². The van der Waals surface area contributed by atoms with Crippen molar-refractivity contribution in [3.63, 3.8) is 0 Å². The summed E-state index contributed by atoms with van der Waals surface area (Å²) in [5.41, 5.74) is -0.429. The fraction of sp³-hybridized carbons (Fsp3) is 0.857. The summed E-state index contributed by atoms with van der Waals surface area (Å²) >= 11 is 0. The van der Waals surface area contributed by atoms with E-state index in [1.54, 1.807) is 0 Å². The highest BCUT2D eigenvalue weighted by Crippen LogP contribution is 2.34. The normalized spacial score (nSPS) is 35.4. The molecule has 0 aromatic carbocycles. The van der Waals surface area contributed by atoms with Gasteiger partial charge in [0.2, 0.25) is 0 Å². The van der Waals surface area contributed by atoms with E-state index in [0.29, 0.717) is 5.92 Å². The van der Waals surface area contributed by atoms with Gasteiger partial charge in [0.15, 0.2) is 0 Å². The zero-order chi connectivity index (χ0) is 12.6. The highest BCUT2D eigenvalue weighted by Gasteiger charge is 2.45. The summed E-state index contributed by atoms with van der Waals surface area (Å²) < 4.78 is 0. The Bertz CT molecular complexity index is 371. The molecule has 1 saturated carbocycles. The van der Waals surface area contributed by atoms with Crippen LogP contribution in [0.5, 0.6) is 0 Å². The van der Waals surface area contributed by atoms with Gasteiger partial charge in [-0.3, -0.25) is 9.79 Å². The molecule has 0 unspecified atom stereocenters. The number of amidine groups is 1. The van der Waals surface area contributed by atoms with Crippen molar-refractivity contribution >= 4 is 11.7 Å². The Kier molecular flexibility index (Phi) is 3.14. The number of carbonyl (C=O) groups is 1. The molecule has 0 aromatic rings. The van der Waals surface area contributed by atoms with Crippen molar-refractivity contribution in [2.24, 2.45) is 16.8 Å². The number of hydrogen-bond donors (Lipinski definition) is 2. The van der Waals surface area contributed by atoms with E-state index in [1.807, 2.05) is 0 Å². The van der Waals surface area contributed by atoms with Gasteiger partial charge in [-0.15, -0.1) is 0 Å². The summed E-state index contributed by atoms with van der Waals surface area (Å²) in [6.07, 6.45) is 6.68. The molecule has 1 spiro atoms. The molecular weight excluding hydrogens is 226 g/mol. The second kappa shape index (κ2) is 4.65. The number of amides is 1. The van der Waals surface area contributed by atoms with Crippen LogP contribution in [0.25, 0.3) is 0 Å². The fourth-order valence-corrected chi connectivity index (χ4v) is 3.60. The number of hydrogen-bond acceptors (Lipinski definition) is 3. The maximum absolute atomic E-state index is 12.2. The van der Waals surface area contributed by atoms with Gasteiger partial charge in [-0.05, 0) is 44.7 Å². The Morgan fingerprint density at radius 2 is 2.06 bits per heavy atom. The molecule has 1 saturated heterocycles. The predicted octanol–water partition coefficient (Wildman–Crippen LogP) is 1.46. The highest BCUT2D eigenvalue weighted by atomic mass is 16.2. The molecule has 18 heavy (non-hydrogen) atoms. The Hall–Kier alpha value is -0.900. The highest BCUT2D eigenvalue weighted by molar-refractivity contribution is 6.09. The van der Waals surface area contributed by atoms with Crippen molar-refractivity contribution in [3.8, 4) is 0 Å². The minimum Gasteiger partial charge on any atom is -0.317 e. The monoisotopic (exact) mass is 249 g/mol. The first-order chi connectivity index (χ1) is 8.70. The third-order valence-electron chi connectivity index (χ3n) is 4.75. The van der Waals surface area contributed by atoms with Crippen LogP contribution >= 0.6 is 0 Å². The van der Waals surface area contributed by atoms with E-state index in [1.165, 1.54) is 25.7 Å². The molecule has 4 nitrogen and oxygen atoms in total. The second-order valence-electron chi connectivity index (χ2n) is 6.20. The SMILES string of the molecule is C[C@@H]1CCC[C@H](C2=NC3(CCNCC3)C(=O)N2)C1. The number of piperidine rings is 1. The molecule has 2 aliphatic heterocycles. The zero-order valence-electron chi connectivity index (χ0n) is 11.2. The number of carbonyl (C=O) groups excluding carboxylic acids is 1. The van der Waals surface area contributed by atoms with Gasteiger partial charge in [0.25, 0.3) is 5.91 Å². The maximum atomic E-state index is 12.2. The Labute approximate surface area is 109 Å². The fourth-order valence-electron chi connectivity index (χ4n) is 3.60. The van der Waals surface area contributed by atoms with Gasteiger partial charge in [-0.25, -0.2) is 0 Å². The zero-order valence-corrected chi connectivity index (χ0v) is 11.2. The number of nitrogens with zero attached hydrogens (tertiary/aromatic N) is 1. The van der Waals surface area contributed by atoms with Crippen molar-refractivity contribution < 1.29 is 4.79 Å². The van der Waals surface area contributed by atoms with Gasteiger partial charge in [0, 0.05) is 5.92 Å². The number of aliphatic imine (C=N–C) groups is 1. The van der Waals surface area contributed by atoms with Gasteiger partial charge in [-0.1, -0.05) is 19.8 Å². The van der Waals surface area contributed by atoms with Crippen LogP contribution in [0.2, 0.25) is 0 Å². The molecule has 1 amide bonds. The lowest BCUT2D eigenvalue weighted by Gasteiger charge is -2.28. The van der Waals surface area contributed by atoms with Crippen molar-refractivity contribution in [2.45, 2.75) is 51.0 Å². The van der Waals surface area contributed by atoms with Gasteiger partial charge < -0.3 is 10.6 Å². The van der Waals surface area contributed by atoms with Crippen LogP contribution < -0.4 is 10.6 Å². The molecule has 1 aliphatic carbocycles. The summed E-state index contributed by atoms with van der Waals surface area (Å²) in [6, 6.07) is 0. The summed E-state index contributed by atoms with van der Waals surface area (Å²) in [5.74, 6) is 2.41. The smallest absolute Gasteiger partial charge is 0.253 e. The van der Waals surface area contributed by atoms with Crippen LogP contribution in [-0.4, -0.2) is 30.4 Å². The molecule has 3 rings (SSSR count). The summed E-state index contributed by atoms with van der Waals surface area (Å²) in [4.78, 5) is 17.1. The Balaban J connectivity index is 1.77. The first-order valence-corrected chi connectivity index (χ1v) is 7.31. The lowest BCUT2D eigenvalue weighted by Crippen LogP contribution is -2.47. The third-order valence-corrected chi connectivity index (χ3v) is 4.75. The summed E-state index contributed by atoms with van der Waals surface area (Å²) in [6.45, 7) is 4.13. The largest absolute Gasteiger partial charge is 0.317 e. The third kappa shape index (κ3) is 2.07. The van der Waals surface area contributed by atoms with Crippen molar-refractivity contribution in [3.05, 3.63) is 0 Å². The number of rotatable bonds is 1. The molecule has 2 N–H and O–H groups in total. The Morgan fingerprint density at radius 3 is 2.78 bits per heavy atom. The molecule has 0 aromatic heterocycles. The lowest BCUT2D eigenvalue weighted by molar-refractivity contribution is -0.124. The number of nitrogens with one attached hydrogen (secondary N) is 2. The summed E-state index contributed by atoms with van der Waals surface area (Å²) in [5, 5.41) is 6.40. The second-order valence-corrected chi connectivity index (χ2v) is 6.20. The lowest BCUT2D eigenvalue weighted by atomic mass is 9.82. The van der Waals surface area contributed by atoms with Gasteiger partial charge in [0.05, 0.1) is 0 Å². The molecule has 0 radical (unpaired) electrons. The van der Waals surface area contributed by atoms with Gasteiger partial charge >= 0.3 is 0 Å². The maximum Gasteiger partial charge on any atom is 0.253 e. The van der Waals surface area contributed by atoms with Crippen LogP contribution in [0, 0.1) is 11.8 Å². The average molecular weight is 249 g/mol. The van der Waals surface area contributed by atoms with E-state index in [4.69, 9.17) is 4.99 Å². The van der Waals surface area contributed by atoms with Gasteiger partial charge in [-0.2, -0.15) is 0 Å². The van der Waals surface area contributed by atoms with E-state index in [2.05, 4.69) is 17.6 Å².